The van der Waals surface area contributed by atoms with Crippen LogP contribution in [0, 0.1) is 10.1 Å². The van der Waals surface area contributed by atoms with E-state index in [0.717, 1.165) is 25.3 Å². The zero-order valence-electron chi connectivity index (χ0n) is 16.1. The lowest BCUT2D eigenvalue weighted by atomic mass is 10.2. The lowest BCUT2D eigenvalue weighted by molar-refractivity contribution is -0.388. The highest BCUT2D eigenvalue weighted by Crippen LogP contribution is 2.39. The van der Waals surface area contributed by atoms with Crippen molar-refractivity contribution < 1.29 is 22.1 Å². The maximum atomic E-state index is 13.7. The van der Waals surface area contributed by atoms with Crippen LogP contribution < -0.4 is 0 Å². The van der Waals surface area contributed by atoms with Gasteiger partial charge in [-0.15, -0.1) is 0 Å². The summed E-state index contributed by atoms with van der Waals surface area (Å²) in [7, 11) is -3.87. The Labute approximate surface area is 181 Å². The topological polar surface area (TPSA) is 98.3 Å². The van der Waals surface area contributed by atoms with Crippen molar-refractivity contribution in [3.05, 3.63) is 52.6 Å². The number of alkyl halides is 2. The van der Waals surface area contributed by atoms with Crippen LogP contribution >= 0.6 is 11.8 Å². The average Bonchev–Trinajstić information content (AvgIpc) is 3.12. The Balaban J connectivity index is 1.74. The van der Waals surface area contributed by atoms with Crippen LogP contribution in [-0.2, 0) is 10.0 Å². The molecule has 0 aliphatic carbocycles. The fraction of sp³-hybridized carbons (Fsp3) is 0.316. The molecule has 2 heterocycles. The number of hydrogen-bond acceptors (Lipinski definition) is 6. The third kappa shape index (κ3) is 4.14. The van der Waals surface area contributed by atoms with Gasteiger partial charge in [-0.25, -0.2) is 13.4 Å². The summed E-state index contributed by atoms with van der Waals surface area (Å²) >= 11 is 0.700. The number of fused-ring (bicyclic) bond motifs is 1. The Bertz CT molecular complexity index is 1240. The van der Waals surface area contributed by atoms with Crippen molar-refractivity contribution in [2.24, 2.45) is 0 Å². The number of piperidine rings is 1. The minimum Gasteiger partial charge on any atom is -0.261 e. The molecule has 0 radical (unpaired) electrons. The van der Waals surface area contributed by atoms with Gasteiger partial charge in [0.1, 0.15) is 0 Å². The number of para-hydroxylation sites is 2. The van der Waals surface area contributed by atoms with Crippen molar-refractivity contribution in [2.45, 2.75) is 40.8 Å². The number of halogens is 2. The fourth-order valence-corrected chi connectivity index (χ4v) is 6.05. The summed E-state index contributed by atoms with van der Waals surface area (Å²) in [6, 6.07) is 9.84. The summed E-state index contributed by atoms with van der Waals surface area (Å²) in [5.41, 5.74) is 0.0557. The molecule has 8 nitrogen and oxygen atoms in total. The Morgan fingerprint density at radius 3 is 2.48 bits per heavy atom. The molecule has 0 amide bonds. The Hall–Kier alpha value is -2.57. The van der Waals surface area contributed by atoms with Gasteiger partial charge in [-0.1, -0.05) is 18.6 Å². The molecule has 3 aromatic rings. The Morgan fingerprint density at radius 2 is 1.81 bits per heavy atom. The number of rotatable bonds is 6. The molecule has 1 aromatic heterocycles. The third-order valence-electron chi connectivity index (χ3n) is 5.04. The lowest BCUT2D eigenvalue weighted by Gasteiger charge is -2.25. The molecule has 0 unspecified atom stereocenters. The van der Waals surface area contributed by atoms with Gasteiger partial charge in [0.2, 0.25) is 10.0 Å². The number of nitrogens with zero attached hydrogens (tertiary/aromatic N) is 4. The van der Waals surface area contributed by atoms with Crippen LogP contribution in [0.1, 0.15) is 25.8 Å². The number of sulfonamides is 1. The molecule has 0 bridgehead atoms. The second-order valence-corrected chi connectivity index (χ2v) is 9.93. The van der Waals surface area contributed by atoms with Gasteiger partial charge in [0.25, 0.3) is 5.69 Å². The van der Waals surface area contributed by atoms with E-state index in [2.05, 4.69) is 4.98 Å². The van der Waals surface area contributed by atoms with Gasteiger partial charge in [0.15, 0.2) is 5.16 Å². The molecular formula is C19H18F2N4O4S2. The molecule has 164 valence electrons. The lowest BCUT2D eigenvalue weighted by Crippen LogP contribution is -2.35. The smallest absolute Gasteiger partial charge is 0.261 e. The van der Waals surface area contributed by atoms with Crippen molar-refractivity contribution in [2.75, 3.05) is 13.1 Å². The zero-order chi connectivity index (χ0) is 22.2. The summed E-state index contributed by atoms with van der Waals surface area (Å²) < 4.78 is 55.1. The van der Waals surface area contributed by atoms with E-state index in [1.807, 2.05) is 0 Å². The highest BCUT2D eigenvalue weighted by Gasteiger charge is 2.29. The van der Waals surface area contributed by atoms with Gasteiger partial charge in [-0.3, -0.25) is 14.7 Å². The fourth-order valence-electron chi connectivity index (χ4n) is 3.52. The van der Waals surface area contributed by atoms with Crippen molar-refractivity contribution >= 4 is 38.5 Å². The molecule has 0 saturated carbocycles. The number of benzene rings is 2. The van der Waals surface area contributed by atoms with Gasteiger partial charge < -0.3 is 0 Å². The van der Waals surface area contributed by atoms with Crippen LogP contribution in [0.3, 0.4) is 0 Å². The predicted octanol–water partition coefficient (Wildman–Crippen LogP) is 4.67. The van der Waals surface area contributed by atoms with Crippen LogP contribution in [0.25, 0.3) is 11.0 Å². The summed E-state index contributed by atoms with van der Waals surface area (Å²) in [4.78, 5) is 15.0. The van der Waals surface area contributed by atoms with E-state index in [0.29, 0.717) is 34.9 Å². The first-order chi connectivity index (χ1) is 14.8. The van der Waals surface area contributed by atoms with E-state index in [4.69, 9.17) is 0 Å². The second-order valence-electron chi connectivity index (χ2n) is 6.98. The summed E-state index contributed by atoms with van der Waals surface area (Å²) in [5, 5.41) is 11.5. The maximum absolute atomic E-state index is 13.7. The maximum Gasteiger partial charge on any atom is 0.321 e. The third-order valence-corrected chi connectivity index (χ3v) is 7.97. The SMILES string of the molecule is O=[N+]([O-])c1cc(S(=O)(=O)N2CCCCC2)ccc1Sc1nc2ccccc2n1C(F)F. The minimum absolute atomic E-state index is 0.0276. The molecular weight excluding hydrogens is 450 g/mol. The molecule has 1 aliphatic heterocycles. The van der Waals surface area contributed by atoms with Gasteiger partial charge >= 0.3 is 6.55 Å². The largest absolute Gasteiger partial charge is 0.321 e. The van der Waals surface area contributed by atoms with Crippen LogP contribution in [0.4, 0.5) is 14.5 Å². The quantitative estimate of drug-likeness (QED) is 0.385. The second kappa shape index (κ2) is 8.52. The molecule has 0 N–H and O–H groups in total. The van der Waals surface area contributed by atoms with Gasteiger partial charge in [0, 0.05) is 19.2 Å². The molecule has 1 saturated heterocycles. The summed E-state index contributed by atoms with van der Waals surface area (Å²) in [6.07, 6.45) is 2.41. The molecule has 1 fully saturated rings. The number of nitro groups is 1. The molecule has 31 heavy (non-hydrogen) atoms. The molecule has 1 aliphatic rings. The minimum atomic E-state index is -3.87. The van der Waals surface area contributed by atoms with Crippen LogP contribution in [-0.4, -0.2) is 40.3 Å². The first kappa shape index (κ1) is 21.7. The van der Waals surface area contributed by atoms with Crippen LogP contribution in [0.15, 0.2) is 57.4 Å². The molecule has 12 heteroatoms. The van der Waals surface area contributed by atoms with E-state index in [9.17, 15) is 27.3 Å². The molecule has 2 aromatic carbocycles. The molecule has 0 atom stereocenters. The highest BCUT2D eigenvalue weighted by molar-refractivity contribution is 7.99. The van der Waals surface area contributed by atoms with E-state index >= 15 is 0 Å². The van der Waals surface area contributed by atoms with E-state index < -0.39 is 27.2 Å². The number of imidazole rings is 1. The molecule has 0 spiro atoms. The first-order valence-electron chi connectivity index (χ1n) is 9.50. The standard InChI is InChI=1S/C19H18F2N4O4S2/c20-18(21)24-15-7-3-2-6-14(15)22-19(24)30-17-9-8-13(12-16(17)25(26)27)31(28,29)23-10-4-1-5-11-23/h2-3,6-9,12,18H,1,4-5,10-11H2. The van der Waals surface area contributed by atoms with Crippen molar-refractivity contribution in [1.82, 2.24) is 13.9 Å². The Kier molecular flexibility index (Phi) is 5.95. The van der Waals surface area contributed by atoms with Crippen LogP contribution in [0.5, 0.6) is 0 Å². The molecule has 4 rings (SSSR count). The Morgan fingerprint density at radius 1 is 1.10 bits per heavy atom. The monoisotopic (exact) mass is 468 g/mol. The number of nitro benzene ring substituents is 1. The van der Waals surface area contributed by atoms with Crippen molar-refractivity contribution in [1.29, 1.82) is 0 Å². The first-order valence-corrected chi connectivity index (χ1v) is 11.8. The normalized spacial score (nSPS) is 15.6. The highest BCUT2D eigenvalue weighted by atomic mass is 32.2. The van der Waals surface area contributed by atoms with E-state index in [1.165, 1.54) is 22.5 Å². The summed E-state index contributed by atoms with van der Waals surface area (Å²) in [5.74, 6) is 0. The van der Waals surface area contributed by atoms with Crippen LogP contribution in [0.2, 0.25) is 0 Å². The number of hydrogen-bond donors (Lipinski definition) is 0. The van der Waals surface area contributed by atoms with Crippen molar-refractivity contribution in [3.63, 3.8) is 0 Å². The van der Waals surface area contributed by atoms with Gasteiger partial charge in [-0.05, 0) is 48.9 Å². The summed E-state index contributed by atoms with van der Waals surface area (Å²) in [6.45, 7) is -2.16. The van der Waals surface area contributed by atoms with Gasteiger partial charge in [0.05, 0.1) is 25.7 Å². The van der Waals surface area contributed by atoms with Crippen molar-refractivity contribution in [3.8, 4) is 0 Å². The number of aromatic nitrogens is 2. The zero-order valence-corrected chi connectivity index (χ0v) is 17.8. The van der Waals surface area contributed by atoms with E-state index in [-0.39, 0.29) is 20.5 Å². The average molecular weight is 469 g/mol. The van der Waals surface area contributed by atoms with E-state index in [1.54, 1.807) is 18.2 Å². The predicted molar refractivity (Wildman–Crippen MR) is 111 cm³/mol. The van der Waals surface area contributed by atoms with Gasteiger partial charge in [-0.2, -0.15) is 13.1 Å².